The molecule has 0 aliphatic heterocycles. The van der Waals surface area contributed by atoms with Crippen LogP contribution in [0.15, 0.2) is 194 Å². The lowest BCUT2D eigenvalue weighted by molar-refractivity contribution is 0.420. The number of methoxy groups -OCH3 is 2. The van der Waals surface area contributed by atoms with Crippen LogP contribution in [0.25, 0.3) is 54.5 Å². The van der Waals surface area contributed by atoms with Crippen LogP contribution in [0.3, 0.4) is 0 Å². The largest absolute Gasteiger partial charge is 0.496 e. The van der Waals surface area contributed by atoms with E-state index in [9.17, 15) is 0 Å². The van der Waals surface area contributed by atoms with Crippen molar-refractivity contribution in [2.24, 2.45) is 0 Å². The van der Waals surface area contributed by atoms with Crippen molar-refractivity contribution < 1.29 is 14.0 Å². The van der Waals surface area contributed by atoms with E-state index >= 15 is 0 Å². The standard InChI is InChI=1S/C50H38N2O3P2/c1-53-45-25-13-23-43-41(45)31-33-51(43)57(52-34-32-42-44(52)24-14-26-46(42)54-2)55-47-29-27-35-15-9-11-21-39(35)49(47)50-40-22-12-10-16-36(40)28-30-48(50)56(37-17-5-3-6-18-37)38-19-7-4-8-20-38/h3-34H,1-2H3. The lowest BCUT2D eigenvalue weighted by Gasteiger charge is -2.27. The van der Waals surface area contributed by atoms with E-state index in [2.05, 4.69) is 179 Å². The van der Waals surface area contributed by atoms with Crippen LogP contribution < -0.4 is 29.9 Å². The van der Waals surface area contributed by atoms with Gasteiger partial charge < -0.3 is 14.0 Å². The Bertz CT molecular complexity index is 2930. The van der Waals surface area contributed by atoms with Gasteiger partial charge in [0.1, 0.15) is 17.2 Å². The second-order valence-electron chi connectivity index (χ2n) is 13.8. The van der Waals surface area contributed by atoms with Crippen LogP contribution in [0.2, 0.25) is 0 Å². The third-order valence-electron chi connectivity index (χ3n) is 10.7. The van der Waals surface area contributed by atoms with Gasteiger partial charge in [0.2, 0.25) is 0 Å². The summed E-state index contributed by atoms with van der Waals surface area (Å²) in [6, 6.07) is 65.0. The molecule has 10 aromatic rings. The molecule has 0 aliphatic rings. The second-order valence-corrected chi connectivity index (χ2v) is 17.5. The maximum Gasteiger partial charge on any atom is 0.318 e. The molecule has 0 fully saturated rings. The van der Waals surface area contributed by atoms with Crippen LogP contribution in [0.5, 0.6) is 17.2 Å². The molecule has 0 N–H and O–H groups in total. The van der Waals surface area contributed by atoms with E-state index in [1.165, 1.54) is 32.2 Å². The Morgan fingerprint density at radius 1 is 0.386 bits per heavy atom. The first-order valence-corrected chi connectivity index (χ1v) is 21.4. The molecule has 7 heteroatoms. The predicted octanol–water partition coefficient (Wildman–Crippen LogP) is 12.0. The minimum absolute atomic E-state index is 0.808. The van der Waals surface area contributed by atoms with E-state index in [-0.39, 0.29) is 0 Å². The van der Waals surface area contributed by atoms with Crippen molar-refractivity contribution >= 4 is 75.6 Å². The van der Waals surface area contributed by atoms with Crippen molar-refractivity contribution in [1.82, 2.24) is 8.68 Å². The van der Waals surface area contributed by atoms with E-state index in [4.69, 9.17) is 14.0 Å². The number of fused-ring (bicyclic) bond motifs is 4. The first kappa shape index (κ1) is 35.1. The molecule has 2 aromatic heterocycles. The number of rotatable bonds is 10. The molecule has 0 saturated carbocycles. The molecule has 0 aliphatic carbocycles. The third kappa shape index (κ3) is 6.12. The van der Waals surface area contributed by atoms with Gasteiger partial charge in [-0.1, -0.05) is 140 Å². The van der Waals surface area contributed by atoms with E-state index < -0.39 is 16.4 Å². The summed E-state index contributed by atoms with van der Waals surface area (Å²) in [6.07, 6.45) is 4.25. The maximum atomic E-state index is 7.67. The van der Waals surface area contributed by atoms with Gasteiger partial charge in [-0.15, -0.1) is 0 Å². The molecule has 0 radical (unpaired) electrons. The van der Waals surface area contributed by atoms with Crippen molar-refractivity contribution in [1.29, 1.82) is 0 Å². The van der Waals surface area contributed by atoms with Gasteiger partial charge in [-0.3, -0.25) is 8.68 Å². The van der Waals surface area contributed by atoms with Crippen LogP contribution >= 0.6 is 16.4 Å². The van der Waals surface area contributed by atoms with Gasteiger partial charge in [0.25, 0.3) is 0 Å². The summed E-state index contributed by atoms with van der Waals surface area (Å²) < 4.78 is 23.9. The zero-order valence-corrected chi connectivity index (χ0v) is 33.3. The summed E-state index contributed by atoms with van der Waals surface area (Å²) in [4.78, 5) is 0. The zero-order valence-electron chi connectivity index (χ0n) is 31.5. The fourth-order valence-corrected chi connectivity index (χ4v) is 12.3. The molecule has 0 unspecified atom stereocenters. The fraction of sp³-hybridized carbons (Fsp3) is 0.0400. The normalized spacial score (nSPS) is 11.6. The van der Waals surface area contributed by atoms with Gasteiger partial charge in [0, 0.05) is 34.3 Å². The lowest BCUT2D eigenvalue weighted by Crippen LogP contribution is -2.22. The Kier molecular flexibility index (Phi) is 9.19. The Morgan fingerprint density at radius 3 is 1.42 bits per heavy atom. The SMILES string of the molecule is COc1cccc2c1ccn2P(Oc1ccc2ccccc2c1-c1c(P(c2ccccc2)c2ccccc2)ccc2ccccc12)n1ccc2c(OC)cccc21. The van der Waals surface area contributed by atoms with E-state index in [0.29, 0.717) is 0 Å². The highest BCUT2D eigenvalue weighted by Gasteiger charge is 2.29. The topological polar surface area (TPSA) is 37.5 Å². The molecule has 276 valence electrons. The zero-order chi connectivity index (χ0) is 38.3. The molecule has 0 bridgehead atoms. The van der Waals surface area contributed by atoms with Crippen molar-refractivity contribution in [2.45, 2.75) is 0 Å². The molecule has 0 atom stereocenters. The van der Waals surface area contributed by atoms with Gasteiger partial charge in [0.15, 0.2) is 0 Å². The number of ether oxygens (including phenoxy) is 2. The summed E-state index contributed by atoms with van der Waals surface area (Å²) in [5.74, 6) is 2.45. The molecular weight excluding hydrogens is 739 g/mol. The van der Waals surface area contributed by atoms with E-state index in [0.717, 1.165) is 55.4 Å². The molecule has 57 heavy (non-hydrogen) atoms. The van der Waals surface area contributed by atoms with Crippen LogP contribution in [-0.2, 0) is 0 Å². The van der Waals surface area contributed by atoms with Gasteiger partial charge >= 0.3 is 8.45 Å². The van der Waals surface area contributed by atoms with Gasteiger partial charge in [-0.2, -0.15) is 0 Å². The molecule has 0 amide bonds. The summed E-state index contributed by atoms with van der Waals surface area (Å²) in [5.41, 5.74) is 4.31. The molecule has 0 saturated heterocycles. The average Bonchev–Trinajstić information content (AvgIpc) is 3.91. The quantitative estimate of drug-likeness (QED) is 0.130. The van der Waals surface area contributed by atoms with Gasteiger partial charge in [0.05, 0.1) is 25.3 Å². The minimum Gasteiger partial charge on any atom is -0.496 e. The fourth-order valence-electron chi connectivity index (χ4n) is 8.06. The van der Waals surface area contributed by atoms with Crippen molar-refractivity contribution in [3.63, 3.8) is 0 Å². The van der Waals surface area contributed by atoms with Crippen LogP contribution in [0.1, 0.15) is 0 Å². The molecule has 10 rings (SSSR count). The Labute approximate surface area is 334 Å². The molecular formula is C50H38N2O3P2. The number of nitrogens with zero attached hydrogens (tertiary/aromatic N) is 2. The predicted molar refractivity (Wildman–Crippen MR) is 241 cm³/mol. The van der Waals surface area contributed by atoms with Crippen molar-refractivity contribution in [3.05, 3.63) is 194 Å². The highest BCUT2D eigenvalue weighted by atomic mass is 31.2. The highest BCUT2D eigenvalue weighted by Crippen LogP contribution is 2.52. The number of benzene rings is 8. The molecule has 8 aromatic carbocycles. The summed E-state index contributed by atoms with van der Waals surface area (Å²) in [6.45, 7) is 0. The first-order valence-electron chi connectivity index (χ1n) is 18.9. The highest BCUT2D eigenvalue weighted by molar-refractivity contribution is 7.80. The smallest absolute Gasteiger partial charge is 0.318 e. The average molecular weight is 777 g/mol. The number of aromatic nitrogens is 2. The van der Waals surface area contributed by atoms with E-state index in [1.54, 1.807) is 14.2 Å². The first-order chi connectivity index (χ1) is 28.2. The van der Waals surface area contributed by atoms with Crippen LogP contribution in [0.4, 0.5) is 0 Å². The number of hydrogen-bond acceptors (Lipinski definition) is 3. The van der Waals surface area contributed by atoms with Gasteiger partial charge in [-0.05, 0) is 87.8 Å². The summed E-state index contributed by atoms with van der Waals surface area (Å²) >= 11 is 0. The maximum absolute atomic E-state index is 7.67. The Balaban J connectivity index is 1.28. The molecule has 5 nitrogen and oxygen atoms in total. The van der Waals surface area contributed by atoms with Crippen molar-refractivity contribution in [3.8, 4) is 28.4 Å². The number of hydrogen-bond donors (Lipinski definition) is 0. The Hall–Kier alpha value is -6.38. The Morgan fingerprint density at radius 2 is 0.877 bits per heavy atom. The van der Waals surface area contributed by atoms with Crippen LogP contribution in [0, 0.1) is 0 Å². The van der Waals surface area contributed by atoms with E-state index in [1.807, 2.05) is 24.3 Å². The summed E-state index contributed by atoms with van der Waals surface area (Å²) in [5, 5.41) is 10.6. The van der Waals surface area contributed by atoms with Gasteiger partial charge in [-0.25, -0.2) is 0 Å². The monoisotopic (exact) mass is 776 g/mol. The second kappa shape index (κ2) is 14.9. The lowest BCUT2D eigenvalue weighted by atomic mass is 9.93. The minimum atomic E-state index is -1.58. The molecule has 2 heterocycles. The van der Waals surface area contributed by atoms with Crippen molar-refractivity contribution in [2.75, 3.05) is 14.2 Å². The molecule has 0 spiro atoms. The van der Waals surface area contributed by atoms with Crippen LogP contribution in [-0.4, -0.2) is 22.9 Å². The summed E-state index contributed by atoms with van der Waals surface area (Å²) in [7, 11) is 0.896. The third-order valence-corrected chi connectivity index (χ3v) is 14.9.